The second-order valence-corrected chi connectivity index (χ2v) is 7.21. The second kappa shape index (κ2) is 8.83. The Labute approximate surface area is 180 Å². The topological polar surface area (TPSA) is 56.2 Å². The largest absolute Gasteiger partial charge is 0.497 e. The SMILES string of the molecule is COc1cccc(-c2nn(-c3ccc(F)cc3)cc2C(=O)NCc2ccc(C)cc2)c1. The Hall–Kier alpha value is -3.93. The van der Waals surface area contributed by atoms with Crippen LogP contribution in [0, 0.1) is 12.7 Å². The highest BCUT2D eigenvalue weighted by Gasteiger charge is 2.19. The fourth-order valence-corrected chi connectivity index (χ4v) is 3.23. The maximum absolute atomic E-state index is 13.3. The van der Waals surface area contributed by atoms with Crippen molar-refractivity contribution in [1.82, 2.24) is 15.1 Å². The lowest BCUT2D eigenvalue weighted by Crippen LogP contribution is -2.23. The van der Waals surface area contributed by atoms with Crippen LogP contribution in [0.1, 0.15) is 21.5 Å². The zero-order valence-corrected chi connectivity index (χ0v) is 17.3. The molecule has 0 saturated carbocycles. The smallest absolute Gasteiger partial charge is 0.255 e. The molecule has 4 aromatic rings. The molecule has 156 valence electrons. The molecule has 0 bridgehead atoms. The van der Waals surface area contributed by atoms with Gasteiger partial charge in [0, 0.05) is 18.3 Å². The average molecular weight is 415 g/mol. The summed E-state index contributed by atoms with van der Waals surface area (Å²) >= 11 is 0. The zero-order valence-electron chi connectivity index (χ0n) is 17.3. The molecular formula is C25H22FN3O2. The van der Waals surface area contributed by atoms with Gasteiger partial charge in [0.2, 0.25) is 0 Å². The number of ether oxygens (including phenoxy) is 1. The number of nitrogens with one attached hydrogen (secondary N) is 1. The van der Waals surface area contributed by atoms with Crippen LogP contribution >= 0.6 is 0 Å². The predicted octanol–water partition coefficient (Wildman–Crippen LogP) is 4.93. The molecule has 0 radical (unpaired) electrons. The van der Waals surface area contributed by atoms with Gasteiger partial charge in [-0.1, -0.05) is 42.0 Å². The Morgan fingerprint density at radius 3 is 2.52 bits per heavy atom. The van der Waals surface area contributed by atoms with Crippen LogP contribution in [0.2, 0.25) is 0 Å². The number of carbonyl (C=O) groups is 1. The minimum absolute atomic E-state index is 0.244. The molecule has 3 aromatic carbocycles. The Kier molecular flexibility index (Phi) is 5.80. The van der Waals surface area contributed by atoms with Gasteiger partial charge in [0.1, 0.15) is 17.3 Å². The number of benzene rings is 3. The Morgan fingerprint density at radius 1 is 1.06 bits per heavy atom. The fourth-order valence-electron chi connectivity index (χ4n) is 3.23. The van der Waals surface area contributed by atoms with Crippen LogP contribution < -0.4 is 10.1 Å². The van der Waals surface area contributed by atoms with Gasteiger partial charge < -0.3 is 10.1 Å². The van der Waals surface area contributed by atoms with Crippen LogP contribution in [0.3, 0.4) is 0 Å². The highest BCUT2D eigenvalue weighted by molar-refractivity contribution is 6.00. The van der Waals surface area contributed by atoms with Crippen molar-refractivity contribution in [3.05, 3.63) is 102 Å². The molecule has 0 aliphatic rings. The molecule has 0 aliphatic heterocycles. The number of amides is 1. The number of halogens is 1. The molecule has 1 heterocycles. The van der Waals surface area contributed by atoms with E-state index in [-0.39, 0.29) is 11.7 Å². The molecule has 1 N–H and O–H groups in total. The van der Waals surface area contributed by atoms with Gasteiger partial charge in [0.15, 0.2) is 0 Å². The van der Waals surface area contributed by atoms with Crippen molar-refractivity contribution >= 4 is 5.91 Å². The molecule has 31 heavy (non-hydrogen) atoms. The van der Waals surface area contributed by atoms with Crippen molar-refractivity contribution in [3.8, 4) is 22.7 Å². The third-order valence-corrected chi connectivity index (χ3v) is 4.97. The number of rotatable bonds is 6. The lowest BCUT2D eigenvalue weighted by Gasteiger charge is -2.07. The van der Waals surface area contributed by atoms with Gasteiger partial charge in [-0.3, -0.25) is 4.79 Å². The number of hydrogen-bond donors (Lipinski definition) is 1. The summed E-state index contributed by atoms with van der Waals surface area (Å²) in [7, 11) is 1.59. The van der Waals surface area contributed by atoms with Crippen LogP contribution in [0.4, 0.5) is 4.39 Å². The summed E-state index contributed by atoms with van der Waals surface area (Å²) in [4.78, 5) is 13.1. The van der Waals surface area contributed by atoms with E-state index in [0.717, 1.165) is 16.7 Å². The van der Waals surface area contributed by atoms with E-state index in [9.17, 15) is 9.18 Å². The van der Waals surface area contributed by atoms with E-state index in [1.54, 1.807) is 30.1 Å². The molecule has 1 aromatic heterocycles. The van der Waals surface area contributed by atoms with Crippen LogP contribution in [0.5, 0.6) is 5.75 Å². The summed E-state index contributed by atoms with van der Waals surface area (Å²) < 4.78 is 20.2. The van der Waals surface area contributed by atoms with Crippen LogP contribution in [-0.4, -0.2) is 22.8 Å². The first-order valence-electron chi connectivity index (χ1n) is 9.87. The van der Waals surface area contributed by atoms with Gasteiger partial charge in [-0.15, -0.1) is 0 Å². The Bertz CT molecular complexity index is 1200. The summed E-state index contributed by atoms with van der Waals surface area (Å²) in [6.45, 7) is 2.42. The first-order chi connectivity index (χ1) is 15.0. The number of carbonyl (C=O) groups excluding carboxylic acids is 1. The zero-order chi connectivity index (χ0) is 21.8. The summed E-state index contributed by atoms with van der Waals surface area (Å²) in [5.74, 6) is 0.0894. The fraction of sp³-hybridized carbons (Fsp3) is 0.120. The Balaban J connectivity index is 1.69. The minimum Gasteiger partial charge on any atom is -0.497 e. The molecule has 6 heteroatoms. The molecule has 1 amide bonds. The van der Waals surface area contributed by atoms with E-state index in [1.807, 2.05) is 55.5 Å². The van der Waals surface area contributed by atoms with E-state index in [0.29, 0.717) is 29.2 Å². The van der Waals surface area contributed by atoms with E-state index in [1.165, 1.54) is 12.1 Å². The van der Waals surface area contributed by atoms with Gasteiger partial charge in [-0.2, -0.15) is 5.10 Å². The molecule has 5 nitrogen and oxygen atoms in total. The van der Waals surface area contributed by atoms with Crippen molar-refractivity contribution in [2.45, 2.75) is 13.5 Å². The third-order valence-electron chi connectivity index (χ3n) is 4.97. The first kappa shape index (κ1) is 20.3. The number of aromatic nitrogens is 2. The Morgan fingerprint density at radius 2 is 1.81 bits per heavy atom. The standard InChI is InChI=1S/C25H22FN3O2/c1-17-6-8-18(9-7-17)15-27-25(30)23-16-29(21-12-10-20(26)11-13-21)28-24(23)19-4-3-5-22(14-19)31-2/h3-14,16H,15H2,1-2H3,(H,27,30). The normalized spacial score (nSPS) is 10.7. The maximum Gasteiger partial charge on any atom is 0.255 e. The van der Waals surface area contributed by atoms with Gasteiger partial charge >= 0.3 is 0 Å². The van der Waals surface area contributed by atoms with Gasteiger partial charge in [0.25, 0.3) is 5.91 Å². The van der Waals surface area contributed by atoms with Crippen molar-refractivity contribution in [2.24, 2.45) is 0 Å². The summed E-state index contributed by atoms with van der Waals surface area (Å²) in [5.41, 5.74) is 4.52. The molecule has 0 aliphatic carbocycles. The van der Waals surface area contributed by atoms with Crippen molar-refractivity contribution in [3.63, 3.8) is 0 Å². The van der Waals surface area contributed by atoms with Crippen molar-refractivity contribution in [2.75, 3.05) is 7.11 Å². The number of methoxy groups -OCH3 is 1. The van der Waals surface area contributed by atoms with E-state index >= 15 is 0 Å². The maximum atomic E-state index is 13.3. The molecule has 0 unspecified atom stereocenters. The summed E-state index contributed by atoms with van der Waals surface area (Å²) in [6.07, 6.45) is 1.66. The molecule has 0 saturated heterocycles. The quantitative estimate of drug-likeness (QED) is 0.486. The molecule has 0 atom stereocenters. The first-order valence-corrected chi connectivity index (χ1v) is 9.87. The van der Waals surface area contributed by atoms with Gasteiger partial charge in [-0.25, -0.2) is 9.07 Å². The van der Waals surface area contributed by atoms with Crippen LogP contribution in [0.25, 0.3) is 16.9 Å². The lowest BCUT2D eigenvalue weighted by molar-refractivity contribution is 0.0951. The number of hydrogen-bond acceptors (Lipinski definition) is 3. The molecule has 0 fully saturated rings. The predicted molar refractivity (Wildman–Crippen MR) is 118 cm³/mol. The minimum atomic E-state index is -0.333. The van der Waals surface area contributed by atoms with E-state index < -0.39 is 0 Å². The highest BCUT2D eigenvalue weighted by Crippen LogP contribution is 2.27. The molecule has 4 rings (SSSR count). The monoisotopic (exact) mass is 415 g/mol. The van der Waals surface area contributed by atoms with Gasteiger partial charge in [-0.05, 0) is 48.9 Å². The summed E-state index contributed by atoms with van der Waals surface area (Å²) in [6, 6.07) is 21.3. The molecule has 0 spiro atoms. The van der Waals surface area contributed by atoms with Crippen LogP contribution in [-0.2, 0) is 6.54 Å². The third kappa shape index (κ3) is 4.64. The summed E-state index contributed by atoms with van der Waals surface area (Å²) in [5, 5.41) is 7.59. The molecular weight excluding hydrogens is 393 g/mol. The van der Waals surface area contributed by atoms with E-state index in [2.05, 4.69) is 10.4 Å². The van der Waals surface area contributed by atoms with E-state index in [4.69, 9.17) is 4.74 Å². The van der Waals surface area contributed by atoms with Crippen molar-refractivity contribution in [1.29, 1.82) is 0 Å². The van der Waals surface area contributed by atoms with Crippen LogP contribution in [0.15, 0.2) is 79.0 Å². The van der Waals surface area contributed by atoms with Crippen molar-refractivity contribution < 1.29 is 13.9 Å². The number of nitrogens with zero attached hydrogens (tertiary/aromatic N) is 2. The average Bonchev–Trinajstić information content (AvgIpc) is 3.25. The van der Waals surface area contributed by atoms with Gasteiger partial charge in [0.05, 0.1) is 18.4 Å². The lowest BCUT2D eigenvalue weighted by atomic mass is 10.1. The highest BCUT2D eigenvalue weighted by atomic mass is 19.1. The second-order valence-electron chi connectivity index (χ2n) is 7.21. The number of aryl methyl sites for hydroxylation is 1.